The third-order valence-corrected chi connectivity index (χ3v) is 7.46. The van der Waals surface area contributed by atoms with Crippen LogP contribution in [0.15, 0.2) is 12.2 Å². The van der Waals surface area contributed by atoms with Crippen LogP contribution in [0.1, 0.15) is 67.8 Å². The number of hydrogen-bond donors (Lipinski definition) is 2. The number of hydrogen-bond acceptors (Lipinski definition) is 5. The molecule has 3 rings (SSSR count). The van der Waals surface area contributed by atoms with Crippen LogP contribution >= 0.6 is 11.3 Å². The zero-order valence-corrected chi connectivity index (χ0v) is 18.9. The molecule has 3 atom stereocenters. The Morgan fingerprint density at radius 1 is 1.20 bits per heavy atom. The Hall–Kier alpha value is -2.15. The summed E-state index contributed by atoms with van der Waals surface area (Å²) in [6.07, 6.45) is 7.02. The van der Waals surface area contributed by atoms with Gasteiger partial charge in [-0.2, -0.15) is 0 Å². The molecule has 1 aromatic rings. The monoisotopic (exact) mass is 433 g/mol. The van der Waals surface area contributed by atoms with Gasteiger partial charge < -0.3 is 15.2 Å². The van der Waals surface area contributed by atoms with Gasteiger partial charge in [-0.3, -0.25) is 9.59 Å². The van der Waals surface area contributed by atoms with E-state index in [0.717, 1.165) is 29.7 Å². The summed E-state index contributed by atoms with van der Waals surface area (Å²) in [6, 6.07) is 0. The van der Waals surface area contributed by atoms with E-state index >= 15 is 0 Å². The highest BCUT2D eigenvalue weighted by atomic mass is 32.1. The Labute approximate surface area is 181 Å². The summed E-state index contributed by atoms with van der Waals surface area (Å²) in [7, 11) is 0. The first-order chi connectivity index (χ1) is 14.1. The van der Waals surface area contributed by atoms with Gasteiger partial charge in [0.15, 0.2) is 0 Å². The van der Waals surface area contributed by atoms with Crippen molar-refractivity contribution in [3.8, 4) is 0 Å². The first-order valence-corrected chi connectivity index (χ1v) is 11.4. The van der Waals surface area contributed by atoms with Crippen molar-refractivity contribution in [2.24, 2.45) is 23.2 Å². The van der Waals surface area contributed by atoms with Crippen molar-refractivity contribution in [3.05, 3.63) is 28.2 Å². The van der Waals surface area contributed by atoms with Gasteiger partial charge in [0.05, 0.1) is 24.0 Å². The number of carbonyl (C=O) groups excluding carboxylic acids is 2. The topological polar surface area (TPSA) is 92.7 Å². The Morgan fingerprint density at radius 3 is 2.47 bits per heavy atom. The van der Waals surface area contributed by atoms with Gasteiger partial charge in [-0.1, -0.05) is 32.9 Å². The highest BCUT2D eigenvalue weighted by molar-refractivity contribution is 7.17. The second kappa shape index (κ2) is 8.92. The lowest BCUT2D eigenvalue weighted by molar-refractivity contribution is -0.146. The minimum Gasteiger partial charge on any atom is -0.481 e. The molecule has 1 amide bonds. The van der Waals surface area contributed by atoms with E-state index in [9.17, 15) is 19.5 Å². The van der Waals surface area contributed by atoms with Gasteiger partial charge in [0.25, 0.3) is 0 Å². The number of ether oxygens (including phenoxy) is 1. The second-order valence-corrected chi connectivity index (χ2v) is 10.3. The number of esters is 1. The number of fused-ring (bicyclic) bond motifs is 1. The third-order valence-electron chi connectivity index (χ3n) is 6.29. The molecule has 0 aliphatic heterocycles. The molecule has 2 N–H and O–H groups in total. The number of thiophene rings is 1. The first kappa shape index (κ1) is 22.5. The van der Waals surface area contributed by atoms with Crippen molar-refractivity contribution in [3.63, 3.8) is 0 Å². The zero-order chi connectivity index (χ0) is 22.1. The van der Waals surface area contributed by atoms with E-state index < -0.39 is 23.8 Å². The fraction of sp³-hybridized carbons (Fsp3) is 0.609. The molecule has 30 heavy (non-hydrogen) atoms. The Kier molecular flexibility index (Phi) is 6.70. The summed E-state index contributed by atoms with van der Waals surface area (Å²) >= 11 is 1.44. The van der Waals surface area contributed by atoms with Gasteiger partial charge in [0.1, 0.15) is 5.00 Å². The van der Waals surface area contributed by atoms with Gasteiger partial charge in [-0.25, -0.2) is 4.79 Å². The van der Waals surface area contributed by atoms with Crippen molar-refractivity contribution >= 4 is 34.2 Å². The molecule has 0 spiro atoms. The third kappa shape index (κ3) is 4.61. The van der Waals surface area contributed by atoms with Crippen LogP contribution in [0.2, 0.25) is 0 Å². The molecule has 2 aliphatic carbocycles. The highest BCUT2D eigenvalue weighted by Crippen LogP contribution is 2.44. The minimum absolute atomic E-state index is 0.165. The average Bonchev–Trinajstić information content (AvgIpc) is 3.04. The SMILES string of the molecule is CCOC(=O)c1c(NC(=O)[C@@H]2CC=CC[C@@H]2C(=O)O)sc2c1CC[C@H](C(C)(C)C)C2. The molecule has 7 heteroatoms. The number of carboxylic acids is 1. The molecule has 0 unspecified atom stereocenters. The lowest BCUT2D eigenvalue weighted by Gasteiger charge is -2.33. The summed E-state index contributed by atoms with van der Waals surface area (Å²) in [5.41, 5.74) is 1.60. The molecule has 0 aromatic carbocycles. The number of rotatable bonds is 5. The largest absolute Gasteiger partial charge is 0.481 e. The van der Waals surface area contributed by atoms with E-state index in [4.69, 9.17) is 4.74 Å². The van der Waals surface area contributed by atoms with Crippen molar-refractivity contribution in [1.82, 2.24) is 0 Å². The Balaban J connectivity index is 1.91. The van der Waals surface area contributed by atoms with Crippen LogP contribution in [0.4, 0.5) is 5.00 Å². The predicted octanol–water partition coefficient (Wildman–Crippen LogP) is 4.68. The van der Waals surface area contributed by atoms with Crippen molar-refractivity contribution in [1.29, 1.82) is 0 Å². The van der Waals surface area contributed by atoms with Crippen molar-refractivity contribution < 1.29 is 24.2 Å². The maximum Gasteiger partial charge on any atom is 0.341 e. The lowest BCUT2D eigenvalue weighted by Crippen LogP contribution is -2.34. The molecular weight excluding hydrogens is 402 g/mol. The molecule has 0 radical (unpaired) electrons. The summed E-state index contributed by atoms with van der Waals surface area (Å²) in [5, 5.41) is 12.9. The van der Waals surface area contributed by atoms with Gasteiger partial charge in [-0.05, 0) is 55.9 Å². The van der Waals surface area contributed by atoms with Gasteiger partial charge in [0, 0.05) is 4.88 Å². The number of amides is 1. The molecule has 0 saturated carbocycles. The fourth-order valence-electron chi connectivity index (χ4n) is 4.41. The molecule has 1 aromatic heterocycles. The van der Waals surface area contributed by atoms with Crippen molar-refractivity contribution in [2.45, 2.75) is 59.8 Å². The zero-order valence-electron chi connectivity index (χ0n) is 18.1. The summed E-state index contributed by atoms with van der Waals surface area (Å²) in [4.78, 5) is 38.4. The molecule has 2 aliphatic rings. The number of allylic oxidation sites excluding steroid dienone is 2. The fourth-order valence-corrected chi connectivity index (χ4v) is 5.73. The molecular formula is C23H31NO5S. The maximum absolute atomic E-state index is 13.0. The molecule has 0 bridgehead atoms. The van der Waals surface area contributed by atoms with Crippen LogP contribution in [0, 0.1) is 23.2 Å². The normalized spacial score (nSPS) is 23.5. The van der Waals surface area contributed by atoms with E-state index in [1.807, 2.05) is 12.2 Å². The smallest absolute Gasteiger partial charge is 0.341 e. The molecule has 164 valence electrons. The van der Waals surface area contributed by atoms with E-state index in [1.54, 1.807) is 6.92 Å². The van der Waals surface area contributed by atoms with Crippen LogP contribution in [-0.4, -0.2) is 29.6 Å². The molecule has 0 saturated heterocycles. The average molecular weight is 434 g/mol. The minimum atomic E-state index is -0.969. The maximum atomic E-state index is 13.0. The highest BCUT2D eigenvalue weighted by Gasteiger charge is 2.37. The van der Waals surface area contributed by atoms with Crippen LogP contribution in [0.3, 0.4) is 0 Å². The van der Waals surface area contributed by atoms with Crippen LogP contribution in [-0.2, 0) is 27.2 Å². The van der Waals surface area contributed by atoms with E-state index in [2.05, 4.69) is 26.1 Å². The molecule has 1 heterocycles. The predicted molar refractivity (Wildman–Crippen MR) is 117 cm³/mol. The van der Waals surface area contributed by atoms with Crippen molar-refractivity contribution in [2.75, 3.05) is 11.9 Å². The van der Waals surface area contributed by atoms with Gasteiger partial charge >= 0.3 is 11.9 Å². The van der Waals surface area contributed by atoms with Crippen LogP contribution in [0.25, 0.3) is 0 Å². The van der Waals surface area contributed by atoms with Crippen LogP contribution < -0.4 is 5.32 Å². The van der Waals surface area contributed by atoms with E-state index in [-0.39, 0.29) is 17.9 Å². The lowest BCUT2D eigenvalue weighted by atomic mass is 9.72. The summed E-state index contributed by atoms with van der Waals surface area (Å²) in [5.74, 6) is -2.63. The van der Waals surface area contributed by atoms with Gasteiger partial charge in [-0.15, -0.1) is 11.3 Å². The van der Waals surface area contributed by atoms with E-state index in [0.29, 0.717) is 29.3 Å². The summed E-state index contributed by atoms with van der Waals surface area (Å²) < 4.78 is 5.28. The number of carbonyl (C=O) groups is 3. The Bertz CT molecular complexity index is 864. The van der Waals surface area contributed by atoms with Crippen LogP contribution in [0.5, 0.6) is 0 Å². The van der Waals surface area contributed by atoms with Gasteiger partial charge in [0.2, 0.25) is 5.91 Å². The first-order valence-electron chi connectivity index (χ1n) is 10.6. The number of aliphatic carboxylic acids is 1. The standard InChI is InChI=1S/C23H31NO5S/c1-5-29-22(28)18-16-11-10-13(23(2,3)4)12-17(16)30-20(18)24-19(25)14-8-6-7-9-15(14)21(26)27/h6-7,13-15H,5,8-12H2,1-4H3,(H,24,25)(H,26,27)/t13-,14+,15-/m0/s1. The summed E-state index contributed by atoms with van der Waals surface area (Å²) in [6.45, 7) is 8.71. The Morgan fingerprint density at radius 2 is 1.87 bits per heavy atom. The number of carboxylic acid groups (broad SMARTS) is 1. The quantitative estimate of drug-likeness (QED) is 0.519. The number of nitrogens with one attached hydrogen (secondary N) is 1. The molecule has 0 fully saturated rings. The number of anilines is 1. The van der Waals surface area contributed by atoms with E-state index in [1.165, 1.54) is 11.3 Å². The molecule has 6 nitrogen and oxygen atoms in total. The second-order valence-electron chi connectivity index (χ2n) is 9.22.